The second-order valence-electron chi connectivity index (χ2n) is 5.91. The average Bonchev–Trinajstić information content (AvgIpc) is 2.96. The van der Waals surface area contributed by atoms with Crippen LogP contribution in [0, 0.1) is 5.92 Å². The molecule has 0 saturated heterocycles. The number of anilines is 1. The highest BCUT2D eigenvalue weighted by Gasteiger charge is 2.28. The van der Waals surface area contributed by atoms with Gasteiger partial charge in [-0.15, -0.1) is 0 Å². The van der Waals surface area contributed by atoms with E-state index in [1.807, 2.05) is 23.1 Å². The summed E-state index contributed by atoms with van der Waals surface area (Å²) in [5.41, 5.74) is 8.28. The summed E-state index contributed by atoms with van der Waals surface area (Å²) >= 11 is 0. The van der Waals surface area contributed by atoms with Crippen LogP contribution in [0.15, 0.2) is 18.2 Å². The van der Waals surface area contributed by atoms with Crippen molar-refractivity contribution in [1.82, 2.24) is 0 Å². The Morgan fingerprint density at radius 2 is 2.00 bits per heavy atom. The van der Waals surface area contributed by atoms with Crippen LogP contribution in [0.25, 0.3) is 0 Å². The molecular formula is C18H26N2O2. The van der Waals surface area contributed by atoms with Gasteiger partial charge in [-0.05, 0) is 56.0 Å². The summed E-state index contributed by atoms with van der Waals surface area (Å²) in [6, 6.07) is 5.73. The number of amides is 1. The summed E-state index contributed by atoms with van der Waals surface area (Å²) in [7, 11) is 0. The monoisotopic (exact) mass is 302 g/mol. The van der Waals surface area contributed by atoms with Gasteiger partial charge in [-0.2, -0.15) is 0 Å². The van der Waals surface area contributed by atoms with E-state index < -0.39 is 0 Å². The van der Waals surface area contributed by atoms with Crippen molar-refractivity contribution in [2.75, 3.05) is 18.0 Å². The molecule has 0 fully saturated rings. The Morgan fingerprint density at radius 3 is 2.64 bits per heavy atom. The fourth-order valence-electron chi connectivity index (χ4n) is 3.07. The van der Waals surface area contributed by atoms with E-state index in [0.717, 1.165) is 49.0 Å². The smallest absolute Gasteiger partial charge is 0.230 e. The predicted octanol–water partition coefficient (Wildman–Crippen LogP) is 2.93. The van der Waals surface area contributed by atoms with Gasteiger partial charge >= 0.3 is 0 Å². The number of nitrogens with zero attached hydrogens (tertiary/aromatic N) is 1. The number of hydrogen-bond acceptors (Lipinski definition) is 3. The maximum absolute atomic E-state index is 12.6. The van der Waals surface area contributed by atoms with E-state index in [0.29, 0.717) is 13.0 Å². The number of carbonyl (C=O) groups excluding carboxylic acids is 2. The first-order valence-corrected chi connectivity index (χ1v) is 8.29. The van der Waals surface area contributed by atoms with Crippen molar-refractivity contribution < 1.29 is 9.59 Å². The zero-order chi connectivity index (χ0) is 16.1. The third-order valence-electron chi connectivity index (χ3n) is 4.51. The third kappa shape index (κ3) is 3.38. The molecule has 2 N–H and O–H groups in total. The average molecular weight is 302 g/mol. The number of Topliss-reactive ketones (excluding diaryl/α,β-unsaturated/α-hetero) is 1. The molecule has 1 aromatic rings. The number of fused-ring (bicyclic) bond motifs is 1. The van der Waals surface area contributed by atoms with Crippen LogP contribution in [0.3, 0.4) is 0 Å². The molecule has 2 rings (SSSR count). The van der Waals surface area contributed by atoms with Crippen molar-refractivity contribution in [1.29, 1.82) is 0 Å². The van der Waals surface area contributed by atoms with Gasteiger partial charge in [0.1, 0.15) is 0 Å². The predicted molar refractivity (Wildman–Crippen MR) is 89.2 cm³/mol. The Morgan fingerprint density at radius 1 is 1.27 bits per heavy atom. The summed E-state index contributed by atoms with van der Waals surface area (Å²) in [6.45, 7) is 5.38. The molecule has 22 heavy (non-hydrogen) atoms. The van der Waals surface area contributed by atoms with Crippen LogP contribution in [0.4, 0.5) is 5.69 Å². The molecular weight excluding hydrogens is 276 g/mol. The van der Waals surface area contributed by atoms with Crippen LogP contribution in [-0.4, -0.2) is 24.8 Å². The normalized spacial score (nSPS) is 13.5. The standard InChI is InChI=1S/C18H26N2O2/c1-3-13(4-2)18(22)20-11-9-14-12-15(7-8-16(14)20)17(21)6-5-10-19/h7-8,12-13H,3-6,9-11,19H2,1-2H3. The lowest BCUT2D eigenvalue weighted by molar-refractivity contribution is -0.122. The minimum Gasteiger partial charge on any atom is -0.330 e. The summed E-state index contributed by atoms with van der Waals surface area (Å²) in [6.07, 6.45) is 3.79. The van der Waals surface area contributed by atoms with E-state index >= 15 is 0 Å². The van der Waals surface area contributed by atoms with Gasteiger partial charge in [-0.3, -0.25) is 9.59 Å². The molecule has 1 aliphatic rings. The van der Waals surface area contributed by atoms with Gasteiger partial charge in [0.2, 0.25) is 5.91 Å². The summed E-state index contributed by atoms with van der Waals surface area (Å²) in [5, 5.41) is 0. The van der Waals surface area contributed by atoms with Gasteiger partial charge in [0, 0.05) is 30.1 Å². The number of rotatable bonds is 7. The lowest BCUT2D eigenvalue weighted by atomic mass is 10.0. The molecule has 120 valence electrons. The van der Waals surface area contributed by atoms with E-state index in [-0.39, 0.29) is 17.6 Å². The molecule has 0 unspecified atom stereocenters. The van der Waals surface area contributed by atoms with Crippen LogP contribution in [0.1, 0.15) is 55.5 Å². The first-order chi connectivity index (χ1) is 10.6. The van der Waals surface area contributed by atoms with Gasteiger partial charge in [0.25, 0.3) is 0 Å². The van der Waals surface area contributed by atoms with Crippen molar-refractivity contribution in [3.05, 3.63) is 29.3 Å². The van der Waals surface area contributed by atoms with Gasteiger partial charge in [0.05, 0.1) is 0 Å². The highest BCUT2D eigenvalue weighted by atomic mass is 16.2. The fraction of sp³-hybridized carbons (Fsp3) is 0.556. The van der Waals surface area contributed by atoms with Gasteiger partial charge in [0.15, 0.2) is 5.78 Å². The molecule has 1 amide bonds. The molecule has 1 aliphatic heterocycles. The van der Waals surface area contributed by atoms with Crippen molar-refractivity contribution in [2.45, 2.75) is 46.0 Å². The minimum absolute atomic E-state index is 0.0943. The quantitative estimate of drug-likeness (QED) is 0.788. The maximum atomic E-state index is 12.6. The number of nitrogens with two attached hydrogens (primary N) is 1. The second-order valence-corrected chi connectivity index (χ2v) is 5.91. The molecule has 0 spiro atoms. The Balaban J connectivity index is 2.16. The second kappa shape index (κ2) is 7.54. The Kier molecular flexibility index (Phi) is 5.72. The van der Waals surface area contributed by atoms with E-state index in [1.54, 1.807) is 0 Å². The Bertz CT molecular complexity index is 550. The van der Waals surface area contributed by atoms with E-state index in [4.69, 9.17) is 5.73 Å². The van der Waals surface area contributed by atoms with Crippen molar-refractivity contribution >= 4 is 17.4 Å². The van der Waals surface area contributed by atoms with Crippen LogP contribution >= 0.6 is 0 Å². The first kappa shape index (κ1) is 16.7. The summed E-state index contributed by atoms with van der Waals surface area (Å²) in [4.78, 5) is 26.5. The van der Waals surface area contributed by atoms with Crippen LogP contribution in [0.5, 0.6) is 0 Å². The highest BCUT2D eigenvalue weighted by molar-refractivity contribution is 6.00. The molecule has 0 atom stereocenters. The van der Waals surface area contributed by atoms with Gasteiger partial charge in [-0.25, -0.2) is 0 Å². The van der Waals surface area contributed by atoms with Gasteiger partial charge < -0.3 is 10.6 Å². The zero-order valence-corrected chi connectivity index (χ0v) is 13.6. The topological polar surface area (TPSA) is 63.4 Å². The van der Waals surface area contributed by atoms with Crippen molar-refractivity contribution in [3.63, 3.8) is 0 Å². The fourth-order valence-corrected chi connectivity index (χ4v) is 3.07. The Hall–Kier alpha value is -1.68. The molecule has 0 aliphatic carbocycles. The number of hydrogen-bond donors (Lipinski definition) is 1. The van der Waals surface area contributed by atoms with Crippen molar-refractivity contribution in [3.8, 4) is 0 Å². The molecule has 0 radical (unpaired) electrons. The molecule has 0 aromatic heterocycles. The highest BCUT2D eigenvalue weighted by Crippen LogP contribution is 2.31. The molecule has 4 heteroatoms. The summed E-state index contributed by atoms with van der Waals surface area (Å²) < 4.78 is 0. The molecule has 1 aromatic carbocycles. The minimum atomic E-state index is 0.0943. The third-order valence-corrected chi connectivity index (χ3v) is 4.51. The molecule has 0 saturated carbocycles. The largest absolute Gasteiger partial charge is 0.330 e. The van der Waals surface area contributed by atoms with Crippen LogP contribution in [-0.2, 0) is 11.2 Å². The Labute approximate surface area is 132 Å². The number of benzene rings is 1. The number of ketones is 1. The lowest BCUT2D eigenvalue weighted by Gasteiger charge is -2.22. The van der Waals surface area contributed by atoms with Crippen molar-refractivity contribution in [2.24, 2.45) is 11.7 Å². The van der Waals surface area contributed by atoms with E-state index in [2.05, 4.69) is 13.8 Å². The van der Waals surface area contributed by atoms with Gasteiger partial charge in [-0.1, -0.05) is 13.8 Å². The van der Waals surface area contributed by atoms with Crippen LogP contribution in [0.2, 0.25) is 0 Å². The number of carbonyl (C=O) groups is 2. The molecule has 4 nitrogen and oxygen atoms in total. The maximum Gasteiger partial charge on any atom is 0.230 e. The van der Waals surface area contributed by atoms with E-state index in [1.165, 1.54) is 0 Å². The zero-order valence-electron chi connectivity index (χ0n) is 13.6. The SMILES string of the molecule is CCC(CC)C(=O)N1CCc2cc(C(=O)CCCN)ccc21. The summed E-state index contributed by atoms with van der Waals surface area (Å²) in [5.74, 6) is 0.445. The molecule has 0 bridgehead atoms. The van der Waals surface area contributed by atoms with Crippen LogP contribution < -0.4 is 10.6 Å². The first-order valence-electron chi connectivity index (χ1n) is 8.29. The lowest BCUT2D eigenvalue weighted by Crippen LogP contribution is -2.34. The molecule has 1 heterocycles. The van der Waals surface area contributed by atoms with E-state index in [9.17, 15) is 9.59 Å².